The molecule has 0 fully saturated rings. The molecule has 6 nitrogen and oxygen atoms in total. The van der Waals surface area contributed by atoms with Crippen molar-refractivity contribution in [3.05, 3.63) is 64.7 Å². The van der Waals surface area contributed by atoms with Gasteiger partial charge in [0.05, 0.1) is 16.5 Å². The van der Waals surface area contributed by atoms with Crippen molar-refractivity contribution in [1.29, 1.82) is 0 Å². The van der Waals surface area contributed by atoms with Gasteiger partial charge in [0.25, 0.3) is 0 Å². The maximum atomic E-state index is 11.6. The quantitative estimate of drug-likeness (QED) is 0.471. The fourth-order valence-electron chi connectivity index (χ4n) is 3.69. The second-order valence-electron chi connectivity index (χ2n) is 7.65. The second-order valence-corrected chi connectivity index (χ2v) is 10.7. The Morgan fingerprint density at radius 1 is 1.03 bits per heavy atom. The monoisotopic (exact) mass is 441 g/mol. The van der Waals surface area contributed by atoms with Crippen LogP contribution in [0.2, 0.25) is 0 Å². The molecule has 156 valence electrons. The Morgan fingerprint density at radius 3 is 2.40 bits per heavy atom. The van der Waals surface area contributed by atoms with Crippen LogP contribution in [0.15, 0.2) is 52.5 Å². The molecule has 0 saturated heterocycles. The average molecular weight is 442 g/mol. The minimum atomic E-state index is -3.26. The van der Waals surface area contributed by atoms with Crippen LogP contribution in [0.4, 0.5) is 0 Å². The molecule has 0 saturated carbocycles. The fraction of sp³-hybridized carbons (Fsp3) is 0.273. The van der Waals surface area contributed by atoms with Gasteiger partial charge in [-0.1, -0.05) is 35.5 Å². The van der Waals surface area contributed by atoms with Crippen LogP contribution in [-0.2, 0) is 9.84 Å². The number of aromatic nitrogens is 3. The Kier molecular flexibility index (Phi) is 5.34. The Balaban J connectivity index is 1.65. The highest BCUT2D eigenvalue weighted by atomic mass is 32.2. The molecule has 0 bridgehead atoms. The third-order valence-electron chi connectivity index (χ3n) is 5.16. The van der Waals surface area contributed by atoms with Crippen LogP contribution in [0.25, 0.3) is 16.6 Å². The van der Waals surface area contributed by atoms with Gasteiger partial charge < -0.3 is 5.11 Å². The smallest absolute Gasteiger partial charge is 0.196 e. The molecule has 0 spiro atoms. The number of fused-ring (bicyclic) bond motifs is 3. The molecule has 0 radical (unpaired) electrons. The van der Waals surface area contributed by atoms with Crippen molar-refractivity contribution >= 4 is 38.1 Å². The number of rotatable bonds is 5. The highest BCUT2D eigenvalue weighted by molar-refractivity contribution is 7.99. The van der Waals surface area contributed by atoms with Crippen molar-refractivity contribution in [1.82, 2.24) is 14.6 Å². The summed E-state index contributed by atoms with van der Waals surface area (Å²) in [5, 5.41) is 21.2. The lowest BCUT2D eigenvalue weighted by molar-refractivity contribution is 0.204. The van der Waals surface area contributed by atoms with Crippen LogP contribution < -0.4 is 0 Å². The van der Waals surface area contributed by atoms with Crippen molar-refractivity contribution in [2.75, 3.05) is 12.0 Å². The Bertz CT molecular complexity index is 1360. The SMILES string of the molecule is Cc1cc(C)c2c(c1)c(C)cc1nnc(SCC(O)c3ccc(S(C)(=O)=O)cc3)n12. The van der Waals surface area contributed by atoms with Gasteiger partial charge in [-0.3, -0.25) is 4.40 Å². The van der Waals surface area contributed by atoms with Gasteiger partial charge in [0.1, 0.15) is 0 Å². The molecular formula is C22H23N3O3S2. The number of aliphatic hydroxyl groups excluding tert-OH is 1. The van der Waals surface area contributed by atoms with Crippen molar-refractivity contribution in [2.24, 2.45) is 0 Å². The van der Waals surface area contributed by atoms with Gasteiger partial charge in [0.15, 0.2) is 20.6 Å². The van der Waals surface area contributed by atoms with E-state index in [1.807, 2.05) is 10.5 Å². The van der Waals surface area contributed by atoms with Gasteiger partial charge in [-0.05, 0) is 61.7 Å². The lowest BCUT2D eigenvalue weighted by Gasteiger charge is -2.13. The molecule has 0 amide bonds. The predicted octanol–water partition coefficient (Wildman–Crippen LogP) is 4.04. The lowest BCUT2D eigenvalue weighted by atomic mass is 10.0. The number of hydrogen-bond acceptors (Lipinski definition) is 6. The van der Waals surface area contributed by atoms with Crippen LogP contribution in [0, 0.1) is 20.8 Å². The molecule has 0 aliphatic rings. The first-order valence-electron chi connectivity index (χ1n) is 9.52. The van der Waals surface area contributed by atoms with E-state index in [0.717, 1.165) is 22.3 Å². The first-order chi connectivity index (χ1) is 14.1. The summed E-state index contributed by atoms with van der Waals surface area (Å²) >= 11 is 1.42. The standard InChI is InChI=1S/C22H23N3O3S2/c1-13-9-15(3)21-18(10-13)14(2)11-20-23-24-22(25(20)21)29-12-19(26)16-5-7-17(8-6-16)30(4,27)28/h5-11,19,26H,12H2,1-4H3. The van der Waals surface area contributed by atoms with Crippen molar-refractivity contribution in [3.8, 4) is 0 Å². The van der Waals surface area contributed by atoms with Crippen LogP contribution in [-0.4, -0.2) is 40.1 Å². The first kappa shape index (κ1) is 20.8. The van der Waals surface area contributed by atoms with Gasteiger partial charge in [0.2, 0.25) is 0 Å². The molecule has 0 aliphatic heterocycles. The van der Waals surface area contributed by atoms with Gasteiger partial charge in [0, 0.05) is 17.4 Å². The molecule has 2 aromatic carbocycles. The topological polar surface area (TPSA) is 84.6 Å². The summed E-state index contributed by atoms with van der Waals surface area (Å²) in [4.78, 5) is 0.238. The van der Waals surface area contributed by atoms with Gasteiger partial charge in [-0.2, -0.15) is 0 Å². The van der Waals surface area contributed by atoms with E-state index in [0.29, 0.717) is 16.5 Å². The molecule has 2 heterocycles. The number of hydrogen-bond donors (Lipinski definition) is 1. The lowest BCUT2D eigenvalue weighted by Crippen LogP contribution is -2.03. The van der Waals surface area contributed by atoms with Gasteiger partial charge in [-0.15, -0.1) is 10.2 Å². The summed E-state index contributed by atoms with van der Waals surface area (Å²) in [5.41, 5.74) is 6.03. The highest BCUT2D eigenvalue weighted by Crippen LogP contribution is 2.30. The van der Waals surface area contributed by atoms with Crippen LogP contribution in [0.3, 0.4) is 0 Å². The zero-order chi connectivity index (χ0) is 21.6. The highest BCUT2D eigenvalue weighted by Gasteiger charge is 2.16. The first-order valence-corrected chi connectivity index (χ1v) is 12.4. The number of thioether (sulfide) groups is 1. The second kappa shape index (κ2) is 7.68. The van der Waals surface area contributed by atoms with E-state index in [4.69, 9.17) is 0 Å². The predicted molar refractivity (Wildman–Crippen MR) is 120 cm³/mol. The molecular weight excluding hydrogens is 418 g/mol. The van der Waals surface area contributed by atoms with E-state index >= 15 is 0 Å². The van der Waals surface area contributed by atoms with Crippen molar-refractivity contribution < 1.29 is 13.5 Å². The zero-order valence-electron chi connectivity index (χ0n) is 17.2. The molecule has 4 rings (SSSR count). The number of nitrogens with zero attached hydrogens (tertiary/aromatic N) is 3. The van der Waals surface area contributed by atoms with Crippen molar-refractivity contribution in [3.63, 3.8) is 0 Å². The van der Waals surface area contributed by atoms with Gasteiger partial charge in [-0.25, -0.2) is 8.42 Å². The number of sulfone groups is 1. The zero-order valence-corrected chi connectivity index (χ0v) is 18.9. The number of pyridine rings is 1. The maximum Gasteiger partial charge on any atom is 0.196 e. The molecule has 0 aliphatic carbocycles. The summed E-state index contributed by atoms with van der Waals surface area (Å²) in [6.07, 6.45) is 0.413. The van der Waals surface area contributed by atoms with E-state index in [1.54, 1.807) is 12.1 Å². The fourth-order valence-corrected chi connectivity index (χ4v) is 5.24. The van der Waals surface area contributed by atoms with Crippen LogP contribution in [0.5, 0.6) is 0 Å². The van der Waals surface area contributed by atoms with E-state index in [9.17, 15) is 13.5 Å². The van der Waals surface area contributed by atoms with E-state index < -0.39 is 15.9 Å². The van der Waals surface area contributed by atoms with Crippen LogP contribution >= 0.6 is 11.8 Å². The third-order valence-corrected chi connectivity index (χ3v) is 7.29. The summed E-state index contributed by atoms with van der Waals surface area (Å²) in [7, 11) is -3.26. The molecule has 1 N–H and O–H groups in total. The number of aliphatic hydroxyl groups is 1. The van der Waals surface area contributed by atoms with Crippen molar-refractivity contribution in [2.45, 2.75) is 36.9 Å². The summed E-state index contributed by atoms with van der Waals surface area (Å²) in [6.45, 7) is 6.25. The summed E-state index contributed by atoms with van der Waals surface area (Å²) in [5.74, 6) is 0.374. The van der Waals surface area contributed by atoms with E-state index in [2.05, 4.69) is 43.1 Å². The Hall–Kier alpha value is -2.42. The molecule has 30 heavy (non-hydrogen) atoms. The molecule has 8 heteroatoms. The third kappa shape index (κ3) is 3.82. The largest absolute Gasteiger partial charge is 0.388 e. The Morgan fingerprint density at radius 2 is 1.73 bits per heavy atom. The average Bonchev–Trinajstić information content (AvgIpc) is 3.08. The molecule has 4 aromatic rings. The minimum absolute atomic E-state index is 0.238. The summed E-state index contributed by atoms with van der Waals surface area (Å²) < 4.78 is 25.3. The van der Waals surface area contributed by atoms with E-state index in [1.165, 1.54) is 41.1 Å². The number of benzene rings is 2. The number of aryl methyl sites for hydroxylation is 3. The molecule has 1 unspecified atom stereocenters. The van der Waals surface area contributed by atoms with Gasteiger partial charge >= 0.3 is 0 Å². The Labute approximate surface area is 179 Å². The van der Waals surface area contributed by atoms with E-state index in [-0.39, 0.29) is 4.90 Å². The maximum absolute atomic E-state index is 11.6. The summed E-state index contributed by atoms with van der Waals surface area (Å²) in [6, 6.07) is 12.7. The normalized spacial score (nSPS) is 13.2. The van der Waals surface area contributed by atoms with Crippen LogP contribution in [0.1, 0.15) is 28.4 Å². The molecule has 2 aromatic heterocycles. The molecule has 1 atom stereocenters. The minimum Gasteiger partial charge on any atom is -0.388 e.